The molecule has 262 valence electrons. The van der Waals surface area contributed by atoms with E-state index in [4.69, 9.17) is 12.5 Å². The fourth-order valence-electron chi connectivity index (χ4n) is 5.33. The van der Waals surface area contributed by atoms with Gasteiger partial charge in [-0.1, -0.05) is 45.0 Å². The molecule has 0 saturated carbocycles. The molecular formula is C35H48N4O7S2. The predicted molar refractivity (Wildman–Crippen MR) is 190 cm³/mol. The Hall–Kier alpha value is -3.49. The SMILES string of the molecule is CCOS(CCCNC(=O)CCC1=CC(C(C)(C)C)=C(O)CC(n2nc3ccc(S(=O)(=O)c4ccccc4)cc3n2)=C1)(OCC)OCC. The summed E-state index contributed by atoms with van der Waals surface area (Å²) in [6.07, 6.45) is 5.31. The third-order valence-electron chi connectivity index (χ3n) is 7.55. The second kappa shape index (κ2) is 16.3. The molecule has 0 atom stereocenters. The number of carbonyl (C=O) groups is 1. The van der Waals surface area contributed by atoms with Crippen molar-refractivity contribution in [3.8, 4) is 0 Å². The van der Waals surface area contributed by atoms with E-state index in [0.717, 1.165) is 11.1 Å². The molecule has 1 aromatic heterocycles. The molecule has 1 amide bonds. The number of aromatic nitrogens is 3. The topological polar surface area (TPSA) is 142 Å². The number of aliphatic hydroxyl groups is 1. The first-order valence-electron chi connectivity index (χ1n) is 16.3. The molecule has 1 aliphatic rings. The number of amides is 1. The minimum absolute atomic E-state index is 0.0967. The van der Waals surface area contributed by atoms with Crippen molar-refractivity contribution in [2.75, 3.05) is 32.1 Å². The minimum atomic E-state index is -3.74. The van der Waals surface area contributed by atoms with Crippen molar-refractivity contribution in [2.24, 2.45) is 5.41 Å². The van der Waals surface area contributed by atoms with E-state index >= 15 is 0 Å². The average Bonchev–Trinajstić information content (AvgIpc) is 3.39. The van der Waals surface area contributed by atoms with Gasteiger partial charge in [-0.25, -0.2) is 8.42 Å². The number of nitrogens with one attached hydrogen (secondary N) is 1. The van der Waals surface area contributed by atoms with Gasteiger partial charge in [-0.2, -0.15) is 4.80 Å². The highest BCUT2D eigenvalue weighted by molar-refractivity contribution is 8.21. The summed E-state index contributed by atoms with van der Waals surface area (Å²) in [5.74, 6) is 0.649. The maximum atomic E-state index is 13.2. The van der Waals surface area contributed by atoms with E-state index in [1.54, 1.807) is 36.4 Å². The Morgan fingerprint density at radius 3 is 2.19 bits per heavy atom. The van der Waals surface area contributed by atoms with Crippen LogP contribution < -0.4 is 5.32 Å². The van der Waals surface area contributed by atoms with Crippen LogP contribution in [0.1, 0.15) is 67.2 Å². The third kappa shape index (κ3) is 9.35. The Bertz CT molecular complexity index is 1760. The summed E-state index contributed by atoms with van der Waals surface area (Å²) >= 11 is 0. The van der Waals surface area contributed by atoms with Crippen LogP contribution in [0.15, 0.2) is 87.4 Å². The van der Waals surface area contributed by atoms with Gasteiger partial charge in [0.15, 0.2) is 0 Å². The van der Waals surface area contributed by atoms with Gasteiger partial charge in [0.05, 0.1) is 46.2 Å². The molecule has 0 unspecified atom stereocenters. The molecule has 3 aromatic rings. The summed E-state index contributed by atoms with van der Waals surface area (Å²) in [6.45, 7) is 13.7. The number of hydrogen-bond donors (Lipinski definition) is 2. The summed E-state index contributed by atoms with van der Waals surface area (Å²) < 4.78 is 44.0. The normalized spacial score (nSPS) is 14.9. The molecule has 2 N–H and O–H groups in total. The van der Waals surface area contributed by atoms with E-state index in [-0.39, 0.29) is 39.7 Å². The summed E-state index contributed by atoms with van der Waals surface area (Å²) in [6, 6.07) is 12.9. The Labute approximate surface area is 285 Å². The number of nitrogens with zero attached hydrogens (tertiary/aromatic N) is 3. The van der Waals surface area contributed by atoms with E-state index < -0.39 is 20.7 Å². The molecule has 0 spiro atoms. The number of fused-ring (bicyclic) bond motifs is 1. The largest absolute Gasteiger partial charge is 0.512 e. The highest BCUT2D eigenvalue weighted by atomic mass is 32.3. The van der Waals surface area contributed by atoms with Crippen LogP contribution >= 0.6 is 10.9 Å². The monoisotopic (exact) mass is 700 g/mol. The van der Waals surface area contributed by atoms with Crippen LogP contribution in [0.25, 0.3) is 16.7 Å². The second-order valence-corrected chi connectivity index (χ2v) is 16.5. The van der Waals surface area contributed by atoms with Gasteiger partial charge in [0.2, 0.25) is 15.7 Å². The lowest BCUT2D eigenvalue weighted by molar-refractivity contribution is -0.121. The molecule has 0 fully saturated rings. The Balaban J connectivity index is 1.51. The molecule has 13 heteroatoms. The molecule has 0 radical (unpaired) electrons. The fraction of sp³-hybridized carbons (Fsp3) is 0.457. The Morgan fingerprint density at radius 1 is 0.917 bits per heavy atom. The fourth-order valence-corrected chi connectivity index (χ4v) is 8.77. The van der Waals surface area contributed by atoms with Crippen molar-refractivity contribution in [2.45, 2.75) is 77.0 Å². The maximum Gasteiger partial charge on any atom is 0.220 e. The van der Waals surface area contributed by atoms with Crippen molar-refractivity contribution in [3.63, 3.8) is 0 Å². The first-order valence-corrected chi connectivity index (χ1v) is 19.4. The van der Waals surface area contributed by atoms with E-state index in [2.05, 4.69) is 15.5 Å². The van der Waals surface area contributed by atoms with Crippen LogP contribution in [0.2, 0.25) is 0 Å². The lowest BCUT2D eigenvalue weighted by atomic mass is 9.84. The molecular weight excluding hydrogens is 653 g/mol. The van der Waals surface area contributed by atoms with Crippen LogP contribution in [-0.2, 0) is 27.2 Å². The van der Waals surface area contributed by atoms with Crippen molar-refractivity contribution in [3.05, 3.63) is 77.6 Å². The molecule has 0 bridgehead atoms. The predicted octanol–water partition coefficient (Wildman–Crippen LogP) is 7.24. The zero-order chi connectivity index (χ0) is 35.0. The zero-order valence-corrected chi connectivity index (χ0v) is 30.3. The number of benzene rings is 2. The highest BCUT2D eigenvalue weighted by Crippen LogP contribution is 2.51. The standard InChI is InChI=1S/C35H48N4O7S2/c1-7-44-47(45-8-2,46-9-3)21-13-20-36-34(41)19-16-26-22-27(24-33(40)30(23-26)35(4,5)6)39-37-31-18-17-29(25-32(31)38-39)48(42,43)28-14-11-10-12-15-28/h10-12,14-15,17-18,22-23,25,40H,7-9,13,16,19-21,24H2,1-6H3,(H,36,41). The van der Waals surface area contributed by atoms with E-state index in [1.807, 2.05) is 53.7 Å². The van der Waals surface area contributed by atoms with Gasteiger partial charge >= 0.3 is 0 Å². The van der Waals surface area contributed by atoms with Crippen molar-refractivity contribution in [1.29, 1.82) is 0 Å². The zero-order valence-electron chi connectivity index (χ0n) is 28.7. The number of aliphatic hydroxyl groups excluding tert-OH is 1. The molecule has 0 saturated heterocycles. The molecule has 48 heavy (non-hydrogen) atoms. The number of allylic oxidation sites excluding steroid dienone is 5. The van der Waals surface area contributed by atoms with E-state index in [0.29, 0.717) is 61.7 Å². The van der Waals surface area contributed by atoms with E-state index in [9.17, 15) is 18.3 Å². The summed E-state index contributed by atoms with van der Waals surface area (Å²) in [7, 11) is -5.85. The van der Waals surface area contributed by atoms with Gasteiger partial charge in [0.25, 0.3) is 0 Å². The first-order chi connectivity index (χ1) is 22.8. The van der Waals surface area contributed by atoms with Crippen LogP contribution in [0, 0.1) is 5.41 Å². The first kappa shape index (κ1) is 37.3. The molecule has 2 aromatic carbocycles. The quantitative estimate of drug-likeness (QED) is 0.148. The van der Waals surface area contributed by atoms with Gasteiger partial charge in [-0.15, -0.1) is 10.2 Å². The van der Waals surface area contributed by atoms with Crippen LogP contribution in [-0.4, -0.2) is 66.5 Å². The third-order valence-corrected chi connectivity index (χ3v) is 11.9. The number of rotatable bonds is 16. The van der Waals surface area contributed by atoms with Crippen molar-refractivity contribution < 1.29 is 30.9 Å². The lowest BCUT2D eigenvalue weighted by Gasteiger charge is -2.36. The Morgan fingerprint density at radius 2 is 1.56 bits per heavy atom. The molecule has 4 rings (SSSR count). The molecule has 1 aliphatic carbocycles. The average molecular weight is 701 g/mol. The van der Waals surface area contributed by atoms with Gasteiger partial charge in [0.1, 0.15) is 16.8 Å². The van der Waals surface area contributed by atoms with Gasteiger partial charge in [-0.3, -0.25) is 17.3 Å². The van der Waals surface area contributed by atoms with Crippen LogP contribution in [0.3, 0.4) is 0 Å². The summed E-state index contributed by atoms with van der Waals surface area (Å²) in [4.78, 5) is 14.7. The van der Waals surface area contributed by atoms with Gasteiger partial charge in [-0.05, 0) is 86.6 Å². The highest BCUT2D eigenvalue weighted by Gasteiger charge is 2.27. The number of hydrogen-bond acceptors (Lipinski definition) is 9. The van der Waals surface area contributed by atoms with E-state index in [1.165, 1.54) is 16.9 Å². The van der Waals surface area contributed by atoms with Crippen LogP contribution in [0.4, 0.5) is 0 Å². The lowest BCUT2D eigenvalue weighted by Crippen LogP contribution is -2.26. The Kier molecular flexibility index (Phi) is 12.7. The van der Waals surface area contributed by atoms with Gasteiger partial charge < -0.3 is 10.4 Å². The minimum Gasteiger partial charge on any atom is -0.512 e. The molecule has 11 nitrogen and oxygen atoms in total. The summed E-state index contributed by atoms with van der Waals surface area (Å²) in [5.41, 5.74) is 2.77. The van der Waals surface area contributed by atoms with Gasteiger partial charge in [0, 0.05) is 25.1 Å². The smallest absolute Gasteiger partial charge is 0.220 e. The maximum absolute atomic E-state index is 13.2. The second-order valence-electron chi connectivity index (χ2n) is 12.3. The van der Waals surface area contributed by atoms with Crippen molar-refractivity contribution >= 4 is 43.3 Å². The van der Waals surface area contributed by atoms with Crippen molar-refractivity contribution in [1.82, 2.24) is 20.3 Å². The number of carbonyl (C=O) groups excluding carboxylic acids is 1. The number of sulfone groups is 1. The summed E-state index contributed by atoms with van der Waals surface area (Å²) in [5, 5.41) is 23.4. The van der Waals surface area contributed by atoms with Crippen LogP contribution in [0.5, 0.6) is 0 Å². The molecule has 1 heterocycles. The molecule has 0 aliphatic heterocycles.